The van der Waals surface area contributed by atoms with Crippen molar-refractivity contribution in [1.29, 1.82) is 0 Å². The first-order valence-electron chi connectivity index (χ1n) is 7.47. The highest BCUT2D eigenvalue weighted by Gasteiger charge is 2.00. The molecule has 0 amide bonds. The Morgan fingerprint density at radius 1 is 0.952 bits per heavy atom. The summed E-state index contributed by atoms with van der Waals surface area (Å²) in [5.74, 6) is 0. The van der Waals surface area contributed by atoms with E-state index in [1.807, 2.05) is 36.5 Å². The van der Waals surface area contributed by atoms with Gasteiger partial charge in [-0.25, -0.2) is 0 Å². The lowest BCUT2D eigenvalue weighted by Gasteiger charge is -2.17. The van der Waals surface area contributed by atoms with E-state index in [-0.39, 0.29) is 0 Å². The fourth-order valence-electron chi connectivity index (χ4n) is 2.11. The molecule has 0 radical (unpaired) electrons. The van der Waals surface area contributed by atoms with Crippen LogP contribution in [0.3, 0.4) is 0 Å². The van der Waals surface area contributed by atoms with E-state index >= 15 is 0 Å². The molecule has 0 saturated carbocycles. The molecule has 0 atom stereocenters. The van der Waals surface area contributed by atoms with E-state index in [9.17, 15) is 0 Å². The van der Waals surface area contributed by atoms with Gasteiger partial charge >= 0.3 is 0 Å². The first-order valence-corrected chi connectivity index (χ1v) is 7.47. The number of hydrazone groups is 1. The van der Waals surface area contributed by atoms with Gasteiger partial charge in [0.05, 0.1) is 11.9 Å². The van der Waals surface area contributed by atoms with Crippen LogP contribution in [0.5, 0.6) is 0 Å². The highest BCUT2D eigenvalue weighted by Crippen LogP contribution is 2.07. The molecule has 0 unspecified atom stereocenters. The van der Waals surface area contributed by atoms with Crippen molar-refractivity contribution in [2.75, 3.05) is 18.5 Å². The highest BCUT2D eigenvalue weighted by molar-refractivity contribution is 5.80. The van der Waals surface area contributed by atoms with Crippen LogP contribution in [0.2, 0.25) is 0 Å². The maximum absolute atomic E-state index is 4.25. The third kappa shape index (κ3) is 5.04. The lowest BCUT2D eigenvalue weighted by molar-refractivity contribution is 0.296. The maximum Gasteiger partial charge on any atom is 0.0561 e. The van der Waals surface area contributed by atoms with Crippen molar-refractivity contribution in [3.8, 4) is 0 Å². The molecule has 2 aromatic carbocycles. The van der Waals surface area contributed by atoms with Crippen LogP contribution >= 0.6 is 0 Å². The number of nitrogens with zero attached hydrogens (tertiary/aromatic N) is 2. The molecule has 0 aromatic heterocycles. The summed E-state index contributed by atoms with van der Waals surface area (Å²) in [6, 6.07) is 18.5. The van der Waals surface area contributed by atoms with Gasteiger partial charge in [-0.15, -0.1) is 0 Å². The van der Waals surface area contributed by atoms with Crippen LogP contribution in [0.4, 0.5) is 5.69 Å². The molecular formula is C18H23N3. The number of hydrogen-bond acceptors (Lipinski definition) is 3. The van der Waals surface area contributed by atoms with Gasteiger partial charge in [0.15, 0.2) is 0 Å². The molecule has 1 N–H and O–H groups in total. The van der Waals surface area contributed by atoms with E-state index in [1.165, 1.54) is 5.56 Å². The van der Waals surface area contributed by atoms with Crippen LogP contribution in [0, 0.1) is 0 Å². The van der Waals surface area contributed by atoms with E-state index in [2.05, 4.69) is 53.5 Å². The van der Waals surface area contributed by atoms with E-state index < -0.39 is 0 Å². The molecule has 3 nitrogen and oxygen atoms in total. The Kier molecular flexibility index (Phi) is 5.98. The van der Waals surface area contributed by atoms with Crippen molar-refractivity contribution in [1.82, 2.24) is 4.90 Å². The van der Waals surface area contributed by atoms with Crippen molar-refractivity contribution in [2.45, 2.75) is 20.4 Å². The maximum atomic E-state index is 4.25. The second-order valence-electron chi connectivity index (χ2n) is 4.94. The number of rotatable bonds is 7. The van der Waals surface area contributed by atoms with Gasteiger partial charge < -0.3 is 0 Å². The summed E-state index contributed by atoms with van der Waals surface area (Å²) in [4.78, 5) is 2.40. The normalized spacial score (nSPS) is 11.2. The minimum atomic E-state index is 0.993. The number of anilines is 1. The Balaban J connectivity index is 1.90. The lowest BCUT2D eigenvalue weighted by atomic mass is 10.1. The van der Waals surface area contributed by atoms with E-state index in [0.717, 1.165) is 30.9 Å². The van der Waals surface area contributed by atoms with Gasteiger partial charge in [0.1, 0.15) is 0 Å². The quantitative estimate of drug-likeness (QED) is 0.614. The van der Waals surface area contributed by atoms with Crippen molar-refractivity contribution in [3.63, 3.8) is 0 Å². The van der Waals surface area contributed by atoms with Gasteiger partial charge in [-0.1, -0.05) is 56.3 Å². The molecular weight excluding hydrogens is 258 g/mol. The molecule has 21 heavy (non-hydrogen) atoms. The van der Waals surface area contributed by atoms with Gasteiger partial charge in [0, 0.05) is 6.54 Å². The van der Waals surface area contributed by atoms with Crippen molar-refractivity contribution >= 4 is 11.9 Å². The van der Waals surface area contributed by atoms with Crippen LogP contribution in [-0.2, 0) is 6.54 Å². The van der Waals surface area contributed by atoms with Crippen molar-refractivity contribution < 1.29 is 0 Å². The van der Waals surface area contributed by atoms with Gasteiger partial charge in [-0.2, -0.15) is 5.10 Å². The highest BCUT2D eigenvalue weighted by atomic mass is 15.3. The largest absolute Gasteiger partial charge is 0.300 e. The van der Waals surface area contributed by atoms with Crippen molar-refractivity contribution in [2.24, 2.45) is 5.10 Å². The van der Waals surface area contributed by atoms with E-state index in [1.54, 1.807) is 0 Å². The zero-order valence-electron chi connectivity index (χ0n) is 12.8. The van der Waals surface area contributed by atoms with Gasteiger partial charge in [-0.05, 0) is 36.3 Å². The van der Waals surface area contributed by atoms with Crippen LogP contribution in [0.1, 0.15) is 25.0 Å². The first-order chi connectivity index (χ1) is 10.3. The average Bonchev–Trinajstić information content (AvgIpc) is 2.55. The molecule has 0 bridgehead atoms. The van der Waals surface area contributed by atoms with Gasteiger partial charge in [-0.3, -0.25) is 10.3 Å². The number of para-hydroxylation sites is 1. The monoisotopic (exact) mass is 281 g/mol. The molecule has 0 saturated heterocycles. The fourth-order valence-corrected chi connectivity index (χ4v) is 2.11. The third-order valence-electron chi connectivity index (χ3n) is 3.46. The Morgan fingerprint density at radius 3 is 2.24 bits per heavy atom. The van der Waals surface area contributed by atoms with Crippen LogP contribution in [0.25, 0.3) is 0 Å². The summed E-state index contributed by atoms with van der Waals surface area (Å²) >= 11 is 0. The minimum absolute atomic E-state index is 0.993. The third-order valence-corrected chi connectivity index (χ3v) is 3.46. The van der Waals surface area contributed by atoms with Crippen molar-refractivity contribution in [3.05, 3.63) is 65.7 Å². The summed E-state index contributed by atoms with van der Waals surface area (Å²) in [7, 11) is 0. The SMILES string of the molecule is CCN(CC)Cc1ccc(C=NNc2ccccc2)cc1. The fraction of sp³-hybridized carbons (Fsp3) is 0.278. The Bertz CT molecular complexity index is 542. The average molecular weight is 281 g/mol. The molecule has 0 aliphatic carbocycles. The van der Waals surface area contributed by atoms with E-state index in [4.69, 9.17) is 0 Å². The summed E-state index contributed by atoms with van der Waals surface area (Å²) < 4.78 is 0. The lowest BCUT2D eigenvalue weighted by Crippen LogP contribution is -2.21. The number of nitrogens with one attached hydrogen (secondary N) is 1. The standard InChI is InChI=1S/C18H23N3/c1-3-21(4-2)15-17-12-10-16(11-13-17)14-19-20-18-8-6-5-7-9-18/h5-14,20H,3-4,15H2,1-2H3. The number of benzene rings is 2. The zero-order valence-corrected chi connectivity index (χ0v) is 12.8. The molecule has 0 heterocycles. The molecule has 0 aliphatic heterocycles. The zero-order chi connectivity index (χ0) is 14.9. The Morgan fingerprint density at radius 2 is 1.62 bits per heavy atom. The summed E-state index contributed by atoms with van der Waals surface area (Å²) in [5.41, 5.74) is 6.45. The van der Waals surface area contributed by atoms with E-state index in [0.29, 0.717) is 0 Å². The van der Waals surface area contributed by atoms with Crippen LogP contribution in [-0.4, -0.2) is 24.2 Å². The minimum Gasteiger partial charge on any atom is -0.300 e. The molecule has 0 aliphatic rings. The topological polar surface area (TPSA) is 27.6 Å². The predicted octanol–water partition coefficient (Wildman–Crippen LogP) is 3.97. The summed E-state index contributed by atoms with van der Waals surface area (Å²) in [6.07, 6.45) is 1.84. The summed E-state index contributed by atoms with van der Waals surface area (Å²) in [6.45, 7) is 7.56. The molecule has 3 heteroatoms. The number of hydrogen-bond donors (Lipinski definition) is 1. The molecule has 0 spiro atoms. The molecule has 0 fully saturated rings. The second kappa shape index (κ2) is 8.22. The van der Waals surface area contributed by atoms with Crippen LogP contribution < -0.4 is 5.43 Å². The smallest absolute Gasteiger partial charge is 0.0561 e. The molecule has 2 rings (SSSR count). The Hall–Kier alpha value is -2.13. The first kappa shape index (κ1) is 15.3. The van der Waals surface area contributed by atoms with Crippen LogP contribution in [0.15, 0.2) is 59.7 Å². The predicted molar refractivity (Wildman–Crippen MR) is 90.7 cm³/mol. The van der Waals surface area contributed by atoms with Gasteiger partial charge in [0.2, 0.25) is 0 Å². The molecule has 2 aromatic rings. The second-order valence-corrected chi connectivity index (χ2v) is 4.94. The summed E-state index contributed by atoms with van der Waals surface area (Å²) in [5, 5.41) is 4.25. The van der Waals surface area contributed by atoms with Gasteiger partial charge in [0.25, 0.3) is 0 Å². The molecule has 110 valence electrons. The Labute approximate surface area is 127 Å².